The van der Waals surface area contributed by atoms with Crippen LogP contribution in [0.1, 0.15) is 46.5 Å². The summed E-state index contributed by atoms with van der Waals surface area (Å²) in [5, 5.41) is 11.8. The third kappa shape index (κ3) is 5.39. The molecule has 20 heavy (non-hydrogen) atoms. The number of urea groups is 1. The summed E-state index contributed by atoms with van der Waals surface area (Å²) in [6.45, 7) is 7.13. The number of rotatable bonds is 5. The number of aliphatic carboxylic acids is 1. The van der Waals surface area contributed by atoms with E-state index in [0.29, 0.717) is 17.9 Å². The molecule has 2 amide bonds. The summed E-state index contributed by atoms with van der Waals surface area (Å²) in [7, 11) is 1.64. The van der Waals surface area contributed by atoms with Gasteiger partial charge in [0.05, 0.1) is 5.92 Å². The van der Waals surface area contributed by atoms with E-state index in [9.17, 15) is 9.59 Å². The molecule has 0 radical (unpaired) electrons. The summed E-state index contributed by atoms with van der Waals surface area (Å²) in [5.41, 5.74) is 0.439. The molecule has 1 atom stereocenters. The Morgan fingerprint density at radius 3 is 2.40 bits per heavy atom. The molecule has 0 aromatic carbocycles. The fourth-order valence-corrected chi connectivity index (χ4v) is 2.60. The highest BCUT2D eigenvalue weighted by molar-refractivity contribution is 5.75. The van der Waals surface area contributed by atoms with Gasteiger partial charge in [0.25, 0.3) is 0 Å². The first-order valence-corrected chi connectivity index (χ1v) is 7.43. The van der Waals surface area contributed by atoms with E-state index in [4.69, 9.17) is 5.11 Å². The van der Waals surface area contributed by atoms with E-state index in [1.165, 1.54) is 17.7 Å². The largest absolute Gasteiger partial charge is 0.481 e. The standard InChI is InChI=1S/C15H28N2O3/c1-11(13(18)19)10-17(4)14(20)16-9-12-5-7-15(2,3)8-6-12/h11-12H,5-10H2,1-4H3,(H,16,20)(H,18,19). The first-order valence-electron chi connectivity index (χ1n) is 7.43. The van der Waals surface area contributed by atoms with Crippen molar-refractivity contribution in [2.75, 3.05) is 20.1 Å². The van der Waals surface area contributed by atoms with Gasteiger partial charge in [-0.1, -0.05) is 20.8 Å². The Hall–Kier alpha value is -1.26. The molecule has 0 saturated heterocycles. The first-order chi connectivity index (χ1) is 9.21. The summed E-state index contributed by atoms with van der Waals surface area (Å²) >= 11 is 0. The number of carbonyl (C=O) groups excluding carboxylic acids is 1. The van der Waals surface area contributed by atoms with Crippen molar-refractivity contribution in [2.45, 2.75) is 46.5 Å². The molecule has 1 fully saturated rings. The van der Waals surface area contributed by atoms with Crippen molar-refractivity contribution in [2.24, 2.45) is 17.3 Å². The summed E-state index contributed by atoms with van der Waals surface area (Å²) in [5.74, 6) is -0.863. The maximum absolute atomic E-state index is 11.9. The molecular formula is C15H28N2O3. The third-order valence-electron chi connectivity index (χ3n) is 4.32. The molecule has 2 N–H and O–H groups in total. The van der Waals surface area contributed by atoms with Gasteiger partial charge in [-0.15, -0.1) is 0 Å². The summed E-state index contributed by atoms with van der Waals surface area (Å²) in [6, 6.07) is -0.178. The van der Waals surface area contributed by atoms with Gasteiger partial charge >= 0.3 is 12.0 Å². The zero-order valence-corrected chi connectivity index (χ0v) is 13.1. The van der Waals surface area contributed by atoms with Crippen molar-refractivity contribution in [1.29, 1.82) is 0 Å². The minimum atomic E-state index is -0.876. The number of amides is 2. The lowest BCUT2D eigenvalue weighted by atomic mass is 9.73. The van der Waals surface area contributed by atoms with E-state index in [1.807, 2.05) is 0 Å². The Labute approximate surface area is 121 Å². The van der Waals surface area contributed by atoms with E-state index in [-0.39, 0.29) is 12.6 Å². The quantitative estimate of drug-likeness (QED) is 0.815. The topological polar surface area (TPSA) is 69.6 Å². The predicted octanol–water partition coefficient (Wildman–Crippen LogP) is 2.56. The molecular weight excluding hydrogens is 256 g/mol. The summed E-state index contributed by atoms with van der Waals surface area (Å²) < 4.78 is 0. The average molecular weight is 284 g/mol. The number of hydrogen-bond donors (Lipinski definition) is 2. The summed E-state index contributed by atoms with van der Waals surface area (Å²) in [4.78, 5) is 24.1. The molecule has 0 spiro atoms. The average Bonchev–Trinajstić information content (AvgIpc) is 2.36. The van der Waals surface area contributed by atoms with Gasteiger partial charge in [0.15, 0.2) is 0 Å². The molecule has 0 aromatic rings. The van der Waals surface area contributed by atoms with E-state index >= 15 is 0 Å². The Bertz CT molecular complexity index is 345. The van der Waals surface area contributed by atoms with Gasteiger partial charge in [-0.3, -0.25) is 4.79 Å². The number of carboxylic acid groups (broad SMARTS) is 1. The van der Waals surface area contributed by atoms with Crippen LogP contribution in [-0.4, -0.2) is 42.1 Å². The van der Waals surface area contributed by atoms with Crippen LogP contribution in [0.25, 0.3) is 0 Å². The fraction of sp³-hybridized carbons (Fsp3) is 0.867. The van der Waals surface area contributed by atoms with Crippen LogP contribution in [0.3, 0.4) is 0 Å². The fourth-order valence-electron chi connectivity index (χ4n) is 2.60. The molecule has 0 heterocycles. The molecule has 1 rings (SSSR count). The normalized spacial score (nSPS) is 20.2. The van der Waals surface area contributed by atoms with E-state index < -0.39 is 11.9 Å². The van der Waals surface area contributed by atoms with Gasteiger partial charge in [0, 0.05) is 20.1 Å². The van der Waals surface area contributed by atoms with Crippen LogP contribution < -0.4 is 5.32 Å². The van der Waals surface area contributed by atoms with Crippen LogP contribution in [0.5, 0.6) is 0 Å². The second-order valence-corrected chi connectivity index (χ2v) is 6.91. The lowest BCUT2D eigenvalue weighted by molar-refractivity contribution is -0.141. The smallest absolute Gasteiger partial charge is 0.317 e. The molecule has 0 bridgehead atoms. The van der Waals surface area contributed by atoms with Crippen molar-refractivity contribution in [3.63, 3.8) is 0 Å². The lowest BCUT2D eigenvalue weighted by Crippen LogP contribution is -2.43. The van der Waals surface area contributed by atoms with E-state index in [0.717, 1.165) is 12.8 Å². The molecule has 1 aliphatic carbocycles. The van der Waals surface area contributed by atoms with Crippen molar-refractivity contribution in [3.05, 3.63) is 0 Å². The predicted molar refractivity (Wildman–Crippen MR) is 78.6 cm³/mol. The molecule has 1 unspecified atom stereocenters. The number of nitrogens with one attached hydrogen (secondary N) is 1. The minimum absolute atomic E-state index is 0.178. The number of nitrogens with zero attached hydrogens (tertiary/aromatic N) is 1. The highest BCUT2D eigenvalue weighted by Gasteiger charge is 2.27. The number of hydrogen-bond acceptors (Lipinski definition) is 2. The maximum atomic E-state index is 11.9. The number of carboxylic acids is 1. The molecule has 1 aliphatic rings. The molecule has 0 aliphatic heterocycles. The second-order valence-electron chi connectivity index (χ2n) is 6.91. The van der Waals surface area contributed by atoms with E-state index in [2.05, 4.69) is 19.2 Å². The molecule has 5 heteroatoms. The van der Waals surface area contributed by atoms with Crippen LogP contribution >= 0.6 is 0 Å². The molecule has 116 valence electrons. The maximum Gasteiger partial charge on any atom is 0.317 e. The van der Waals surface area contributed by atoms with Gasteiger partial charge in [0.1, 0.15) is 0 Å². The highest BCUT2D eigenvalue weighted by Crippen LogP contribution is 2.37. The van der Waals surface area contributed by atoms with Crippen molar-refractivity contribution in [3.8, 4) is 0 Å². The van der Waals surface area contributed by atoms with Gasteiger partial charge in [-0.05, 0) is 37.0 Å². The monoisotopic (exact) mass is 284 g/mol. The van der Waals surface area contributed by atoms with Crippen LogP contribution in [-0.2, 0) is 4.79 Å². The Balaban J connectivity index is 2.28. The lowest BCUT2D eigenvalue weighted by Gasteiger charge is -2.34. The Morgan fingerprint density at radius 2 is 1.90 bits per heavy atom. The zero-order valence-electron chi connectivity index (χ0n) is 13.1. The highest BCUT2D eigenvalue weighted by atomic mass is 16.4. The molecule has 5 nitrogen and oxygen atoms in total. The Morgan fingerprint density at radius 1 is 1.35 bits per heavy atom. The van der Waals surface area contributed by atoms with Crippen LogP contribution in [0, 0.1) is 17.3 Å². The van der Waals surface area contributed by atoms with Crippen LogP contribution in [0.4, 0.5) is 4.79 Å². The van der Waals surface area contributed by atoms with Gasteiger partial charge in [0.2, 0.25) is 0 Å². The molecule has 1 saturated carbocycles. The SMILES string of the molecule is CC(CN(C)C(=O)NCC1CCC(C)(C)CC1)C(=O)O. The first kappa shape index (κ1) is 16.8. The van der Waals surface area contributed by atoms with Crippen LogP contribution in [0.2, 0.25) is 0 Å². The van der Waals surface area contributed by atoms with Crippen molar-refractivity contribution in [1.82, 2.24) is 10.2 Å². The van der Waals surface area contributed by atoms with E-state index in [1.54, 1.807) is 14.0 Å². The van der Waals surface area contributed by atoms with Crippen LogP contribution in [0.15, 0.2) is 0 Å². The minimum Gasteiger partial charge on any atom is -0.481 e. The third-order valence-corrected chi connectivity index (χ3v) is 4.32. The van der Waals surface area contributed by atoms with Gasteiger partial charge in [-0.2, -0.15) is 0 Å². The second kappa shape index (κ2) is 6.95. The Kier molecular flexibility index (Phi) is 5.84. The summed E-state index contributed by atoms with van der Waals surface area (Å²) in [6.07, 6.45) is 4.73. The van der Waals surface area contributed by atoms with Gasteiger partial charge in [-0.25, -0.2) is 4.79 Å². The van der Waals surface area contributed by atoms with Crippen molar-refractivity contribution < 1.29 is 14.7 Å². The molecule has 0 aromatic heterocycles. The van der Waals surface area contributed by atoms with Gasteiger partial charge < -0.3 is 15.3 Å². The zero-order chi connectivity index (χ0) is 15.3. The number of carbonyl (C=O) groups is 2. The van der Waals surface area contributed by atoms with Crippen molar-refractivity contribution >= 4 is 12.0 Å².